The second-order valence-electron chi connectivity index (χ2n) is 4.11. The quantitative estimate of drug-likeness (QED) is 0.663. The first-order valence-corrected chi connectivity index (χ1v) is 5.78. The third-order valence-corrected chi connectivity index (χ3v) is 2.91. The number of nitrogens with one attached hydrogen (secondary N) is 1. The minimum atomic E-state index is -0.423. The lowest BCUT2D eigenvalue weighted by atomic mass is 10.2. The number of nitro benzene ring substituents is 1. The Morgan fingerprint density at radius 2 is 2.21 bits per heavy atom. The van der Waals surface area contributed by atoms with E-state index in [4.69, 9.17) is 4.74 Å². The minimum Gasteiger partial charge on any atom is -0.495 e. The SMILES string of the molecule is COc1ccc([N+](=O)[O-])cc1NCc1cccn1C. The van der Waals surface area contributed by atoms with Crippen LogP contribution in [0.3, 0.4) is 0 Å². The van der Waals surface area contributed by atoms with Gasteiger partial charge in [0.05, 0.1) is 24.3 Å². The normalized spacial score (nSPS) is 10.2. The molecule has 0 saturated heterocycles. The predicted octanol–water partition coefficient (Wildman–Crippen LogP) is 2.55. The molecule has 0 aliphatic rings. The van der Waals surface area contributed by atoms with Gasteiger partial charge in [-0.3, -0.25) is 10.1 Å². The van der Waals surface area contributed by atoms with Crippen molar-refractivity contribution in [2.75, 3.05) is 12.4 Å². The zero-order valence-electron chi connectivity index (χ0n) is 10.8. The van der Waals surface area contributed by atoms with Crippen molar-refractivity contribution in [3.63, 3.8) is 0 Å². The van der Waals surface area contributed by atoms with Crippen molar-refractivity contribution < 1.29 is 9.66 Å². The van der Waals surface area contributed by atoms with Crippen LogP contribution in [0, 0.1) is 10.1 Å². The van der Waals surface area contributed by atoms with Gasteiger partial charge in [0.15, 0.2) is 0 Å². The fourth-order valence-electron chi connectivity index (χ4n) is 1.81. The first-order valence-electron chi connectivity index (χ1n) is 5.78. The fraction of sp³-hybridized carbons (Fsp3) is 0.231. The highest BCUT2D eigenvalue weighted by molar-refractivity contribution is 5.61. The van der Waals surface area contributed by atoms with E-state index in [1.165, 1.54) is 19.2 Å². The maximum Gasteiger partial charge on any atom is 0.271 e. The summed E-state index contributed by atoms with van der Waals surface area (Å²) >= 11 is 0. The maximum atomic E-state index is 10.8. The monoisotopic (exact) mass is 261 g/mol. The summed E-state index contributed by atoms with van der Waals surface area (Å²) in [6.07, 6.45) is 1.95. The van der Waals surface area contributed by atoms with Gasteiger partial charge in [-0.2, -0.15) is 0 Å². The van der Waals surface area contributed by atoms with Crippen molar-refractivity contribution in [1.29, 1.82) is 0 Å². The zero-order valence-corrected chi connectivity index (χ0v) is 10.8. The van der Waals surface area contributed by atoms with E-state index >= 15 is 0 Å². The molecule has 0 aliphatic heterocycles. The summed E-state index contributed by atoms with van der Waals surface area (Å²) in [6, 6.07) is 8.41. The number of aryl methyl sites for hydroxylation is 1. The number of anilines is 1. The molecular weight excluding hydrogens is 246 g/mol. The Kier molecular flexibility index (Phi) is 3.70. The van der Waals surface area contributed by atoms with Gasteiger partial charge in [-0.05, 0) is 18.2 Å². The van der Waals surface area contributed by atoms with Crippen LogP contribution in [0.25, 0.3) is 0 Å². The molecule has 2 rings (SSSR count). The first kappa shape index (κ1) is 12.9. The Hall–Kier alpha value is -2.50. The molecular formula is C13H15N3O3. The Balaban J connectivity index is 2.20. The topological polar surface area (TPSA) is 69.3 Å². The number of methoxy groups -OCH3 is 1. The van der Waals surface area contributed by atoms with Gasteiger partial charge >= 0.3 is 0 Å². The molecule has 100 valence electrons. The number of rotatable bonds is 5. The molecule has 1 aromatic carbocycles. The highest BCUT2D eigenvalue weighted by Crippen LogP contribution is 2.29. The number of aromatic nitrogens is 1. The van der Waals surface area contributed by atoms with E-state index in [1.54, 1.807) is 6.07 Å². The van der Waals surface area contributed by atoms with Crippen LogP contribution in [0.1, 0.15) is 5.69 Å². The van der Waals surface area contributed by atoms with Gasteiger partial charge in [0, 0.05) is 31.1 Å². The molecule has 0 radical (unpaired) electrons. The zero-order chi connectivity index (χ0) is 13.8. The summed E-state index contributed by atoms with van der Waals surface area (Å²) in [5.74, 6) is 0.583. The van der Waals surface area contributed by atoms with Gasteiger partial charge < -0.3 is 14.6 Å². The van der Waals surface area contributed by atoms with Crippen LogP contribution in [-0.2, 0) is 13.6 Å². The van der Waals surface area contributed by atoms with Gasteiger partial charge in [0.1, 0.15) is 5.75 Å². The predicted molar refractivity (Wildman–Crippen MR) is 72.4 cm³/mol. The van der Waals surface area contributed by atoms with E-state index in [0.717, 1.165) is 5.69 Å². The van der Waals surface area contributed by atoms with Crippen molar-refractivity contribution in [1.82, 2.24) is 4.57 Å². The molecule has 19 heavy (non-hydrogen) atoms. The Bertz CT molecular complexity index is 593. The van der Waals surface area contributed by atoms with Crippen LogP contribution in [0.5, 0.6) is 5.75 Å². The van der Waals surface area contributed by atoms with Crippen molar-refractivity contribution in [3.8, 4) is 5.75 Å². The number of hydrogen-bond acceptors (Lipinski definition) is 4. The summed E-state index contributed by atoms with van der Waals surface area (Å²) in [5.41, 5.74) is 1.72. The van der Waals surface area contributed by atoms with Crippen LogP contribution < -0.4 is 10.1 Å². The largest absolute Gasteiger partial charge is 0.495 e. The van der Waals surface area contributed by atoms with E-state index in [1.807, 2.05) is 29.9 Å². The molecule has 1 heterocycles. The molecule has 0 bridgehead atoms. The average molecular weight is 261 g/mol. The van der Waals surface area contributed by atoms with E-state index in [2.05, 4.69) is 5.32 Å². The van der Waals surface area contributed by atoms with Crippen LogP contribution in [0.15, 0.2) is 36.5 Å². The highest BCUT2D eigenvalue weighted by atomic mass is 16.6. The second kappa shape index (κ2) is 5.43. The van der Waals surface area contributed by atoms with Crippen LogP contribution >= 0.6 is 0 Å². The van der Waals surface area contributed by atoms with Crippen LogP contribution in [0.2, 0.25) is 0 Å². The standard InChI is InChI=1S/C13H15N3O3/c1-15-7-3-4-11(15)9-14-12-8-10(16(17)18)5-6-13(12)19-2/h3-8,14H,9H2,1-2H3. The first-order chi connectivity index (χ1) is 9.11. The number of non-ortho nitro benzene ring substituents is 1. The van der Waals surface area contributed by atoms with Crippen molar-refractivity contribution in [3.05, 3.63) is 52.3 Å². The smallest absolute Gasteiger partial charge is 0.271 e. The lowest BCUT2D eigenvalue weighted by Crippen LogP contribution is -2.05. The van der Waals surface area contributed by atoms with Gasteiger partial charge in [0.25, 0.3) is 5.69 Å². The molecule has 6 heteroatoms. The Morgan fingerprint density at radius 3 is 2.79 bits per heavy atom. The van der Waals surface area contributed by atoms with Gasteiger partial charge in [-0.15, -0.1) is 0 Å². The van der Waals surface area contributed by atoms with Gasteiger partial charge in [0.2, 0.25) is 0 Å². The van der Waals surface area contributed by atoms with Gasteiger partial charge in [-0.25, -0.2) is 0 Å². The minimum absolute atomic E-state index is 0.0372. The van der Waals surface area contributed by atoms with E-state index in [-0.39, 0.29) is 5.69 Å². The highest BCUT2D eigenvalue weighted by Gasteiger charge is 2.11. The lowest BCUT2D eigenvalue weighted by Gasteiger charge is -2.11. The van der Waals surface area contributed by atoms with Crippen LogP contribution in [-0.4, -0.2) is 16.6 Å². The van der Waals surface area contributed by atoms with Crippen molar-refractivity contribution in [2.24, 2.45) is 7.05 Å². The summed E-state index contributed by atoms with van der Waals surface area (Å²) in [7, 11) is 3.48. The molecule has 0 unspecified atom stereocenters. The molecule has 1 N–H and O–H groups in total. The van der Waals surface area contributed by atoms with E-state index < -0.39 is 4.92 Å². The number of nitro groups is 1. The van der Waals surface area contributed by atoms with Gasteiger partial charge in [-0.1, -0.05) is 0 Å². The lowest BCUT2D eigenvalue weighted by molar-refractivity contribution is -0.384. The summed E-state index contributed by atoms with van der Waals surface area (Å²) in [4.78, 5) is 10.3. The second-order valence-corrected chi connectivity index (χ2v) is 4.11. The molecule has 1 aromatic heterocycles. The summed E-state index contributed by atoms with van der Waals surface area (Å²) in [6.45, 7) is 0.570. The molecule has 2 aromatic rings. The number of hydrogen-bond donors (Lipinski definition) is 1. The number of ether oxygens (including phenoxy) is 1. The summed E-state index contributed by atoms with van der Waals surface area (Å²) in [5, 5.41) is 13.9. The molecule has 0 fully saturated rings. The summed E-state index contributed by atoms with van der Waals surface area (Å²) < 4.78 is 7.17. The molecule has 0 saturated carbocycles. The van der Waals surface area contributed by atoms with Crippen molar-refractivity contribution >= 4 is 11.4 Å². The number of benzene rings is 1. The van der Waals surface area contributed by atoms with Crippen molar-refractivity contribution in [2.45, 2.75) is 6.54 Å². The number of nitrogens with zero attached hydrogens (tertiary/aromatic N) is 2. The van der Waals surface area contributed by atoms with E-state index in [0.29, 0.717) is 18.0 Å². The third kappa shape index (κ3) is 2.85. The molecule has 0 aliphatic carbocycles. The Labute approximate surface area is 110 Å². The third-order valence-electron chi connectivity index (χ3n) is 2.91. The van der Waals surface area contributed by atoms with E-state index in [9.17, 15) is 10.1 Å². The fourth-order valence-corrected chi connectivity index (χ4v) is 1.81. The molecule has 0 amide bonds. The average Bonchev–Trinajstić information content (AvgIpc) is 2.81. The van der Waals surface area contributed by atoms with Crippen LogP contribution in [0.4, 0.5) is 11.4 Å². The molecule has 6 nitrogen and oxygen atoms in total. The maximum absolute atomic E-state index is 10.8. The Morgan fingerprint density at radius 1 is 1.42 bits per heavy atom. The molecule has 0 atom stereocenters. The molecule has 0 spiro atoms.